The Morgan fingerprint density at radius 2 is 1.44 bits per heavy atom. The van der Waals surface area contributed by atoms with Gasteiger partial charge in [0.2, 0.25) is 5.91 Å². The van der Waals surface area contributed by atoms with E-state index < -0.39 is 11.9 Å². The number of carbonyl (C=O) groups excluding carboxylic acids is 3. The molecule has 0 aliphatic carbocycles. The molecule has 0 radical (unpaired) electrons. The first-order valence-corrected chi connectivity index (χ1v) is 10.4. The van der Waals surface area contributed by atoms with E-state index in [1.54, 1.807) is 6.92 Å². The molecule has 1 amide bonds. The van der Waals surface area contributed by atoms with Crippen LogP contribution in [0.5, 0.6) is 0 Å². The van der Waals surface area contributed by atoms with Gasteiger partial charge in [0.15, 0.2) is 0 Å². The first-order valence-electron chi connectivity index (χ1n) is 9.56. The summed E-state index contributed by atoms with van der Waals surface area (Å²) in [6.45, 7) is 3.84. The van der Waals surface area contributed by atoms with Crippen LogP contribution in [0.2, 0.25) is 0 Å². The Hall–Kier alpha value is -1.89. The number of hydrogen-bond acceptors (Lipinski definition) is 6. The monoisotopic (exact) mass is 397 g/mol. The minimum absolute atomic E-state index is 0.163. The lowest BCUT2D eigenvalue weighted by atomic mass is 10.1. The van der Waals surface area contributed by atoms with Crippen LogP contribution in [-0.2, 0) is 14.3 Å². The molecule has 0 aliphatic heterocycles. The van der Waals surface area contributed by atoms with Crippen LogP contribution in [0, 0.1) is 6.92 Å². The molecule has 1 aromatic rings. The molecule has 27 heavy (non-hydrogen) atoms. The summed E-state index contributed by atoms with van der Waals surface area (Å²) in [7, 11) is 2.54. The highest BCUT2D eigenvalue weighted by atomic mass is 32.1. The number of methoxy groups -OCH3 is 2. The summed E-state index contributed by atoms with van der Waals surface area (Å²) in [5.41, 5.74) is 0.674. The molecule has 0 bridgehead atoms. The van der Waals surface area contributed by atoms with Crippen molar-refractivity contribution in [1.82, 2.24) is 0 Å². The largest absolute Gasteiger partial charge is 0.465 e. The van der Waals surface area contributed by atoms with Crippen molar-refractivity contribution in [3.8, 4) is 0 Å². The Labute approximate surface area is 165 Å². The molecule has 0 fully saturated rings. The number of rotatable bonds is 12. The topological polar surface area (TPSA) is 81.7 Å². The third-order valence-electron chi connectivity index (χ3n) is 4.42. The Balaban J connectivity index is 2.58. The van der Waals surface area contributed by atoms with Gasteiger partial charge in [0, 0.05) is 6.42 Å². The van der Waals surface area contributed by atoms with E-state index >= 15 is 0 Å². The molecule has 152 valence electrons. The van der Waals surface area contributed by atoms with Gasteiger partial charge in [-0.15, -0.1) is 11.3 Å². The van der Waals surface area contributed by atoms with Crippen molar-refractivity contribution < 1.29 is 23.9 Å². The van der Waals surface area contributed by atoms with Crippen LogP contribution < -0.4 is 5.32 Å². The Morgan fingerprint density at radius 3 is 2.00 bits per heavy atom. The number of thiophene rings is 1. The molecule has 1 rings (SSSR count). The maximum absolute atomic E-state index is 12.2. The van der Waals surface area contributed by atoms with Gasteiger partial charge in [-0.25, -0.2) is 9.59 Å². The van der Waals surface area contributed by atoms with Crippen molar-refractivity contribution >= 4 is 34.2 Å². The molecular formula is C20H31NO5S. The van der Waals surface area contributed by atoms with Crippen molar-refractivity contribution in [3.05, 3.63) is 16.0 Å². The zero-order chi connectivity index (χ0) is 20.2. The molecule has 0 spiro atoms. The number of unbranched alkanes of at least 4 members (excludes halogenated alkanes) is 7. The van der Waals surface area contributed by atoms with Crippen molar-refractivity contribution in [2.45, 2.75) is 71.6 Å². The summed E-state index contributed by atoms with van der Waals surface area (Å²) in [5.74, 6) is -1.28. The number of hydrogen-bond donors (Lipinski definition) is 1. The van der Waals surface area contributed by atoms with E-state index in [4.69, 9.17) is 9.47 Å². The van der Waals surface area contributed by atoms with E-state index in [-0.39, 0.29) is 11.5 Å². The lowest BCUT2D eigenvalue weighted by Gasteiger charge is -2.06. The van der Waals surface area contributed by atoms with Gasteiger partial charge in [-0.1, -0.05) is 51.9 Å². The van der Waals surface area contributed by atoms with Crippen molar-refractivity contribution in [3.63, 3.8) is 0 Å². The lowest BCUT2D eigenvalue weighted by Crippen LogP contribution is -2.13. The number of ether oxygens (including phenoxy) is 2. The fourth-order valence-corrected chi connectivity index (χ4v) is 3.97. The summed E-state index contributed by atoms with van der Waals surface area (Å²) in [5, 5.41) is 3.09. The third-order valence-corrected chi connectivity index (χ3v) is 5.60. The maximum Gasteiger partial charge on any atom is 0.348 e. The number of esters is 2. The van der Waals surface area contributed by atoms with Crippen LogP contribution in [-0.4, -0.2) is 32.1 Å². The predicted molar refractivity (Wildman–Crippen MR) is 108 cm³/mol. The van der Waals surface area contributed by atoms with Crippen molar-refractivity contribution in [1.29, 1.82) is 0 Å². The molecule has 1 heterocycles. The average Bonchev–Trinajstić information content (AvgIpc) is 2.98. The van der Waals surface area contributed by atoms with Crippen LogP contribution in [0.3, 0.4) is 0 Å². The molecule has 0 atom stereocenters. The fourth-order valence-electron chi connectivity index (χ4n) is 2.85. The lowest BCUT2D eigenvalue weighted by molar-refractivity contribution is -0.116. The minimum atomic E-state index is -0.582. The molecule has 0 aliphatic rings. The van der Waals surface area contributed by atoms with Crippen LogP contribution >= 0.6 is 11.3 Å². The molecular weight excluding hydrogens is 366 g/mol. The van der Waals surface area contributed by atoms with Crippen LogP contribution in [0.4, 0.5) is 5.00 Å². The van der Waals surface area contributed by atoms with Crippen molar-refractivity contribution in [2.75, 3.05) is 19.5 Å². The molecule has 0 saturated heterocycles. The predicted octanol–water partition coefficient (Wildman–Crippen LogP) is 5.10. The van der Waals surface area contributed by atoms with E-state index in [1.807, 2.05) is 0 Å². The molecule has 0 saturated carbocycles. The molecule has 1 aromatic heterocycles. The Bertz CT molecular complexity index is 639. The fraction of sp³-hybridized carbons (Fsp3) is 0.650. The third kappa shape index (κ3) is 7.33. The second-order valence-electron chi connectivity index (χ2n) is 6.52. The van der Waals surface area contributed by atoms with E-state index in [0.29, 0.717) is 21.9 Å². The first kappa shape index (κ1) is 23.1. The summed E-state index contributed by atoms with van der Waals surface area (Å²) < 4.78 is 9.52. The number of anilines is 1. The van der Waals surface area contributed by atoms with Gasteiger partial charge in [0.1, 0.15) is 9.88 Å². The van der Waals surface area contributed by atoms with E-state index in [2.05, 4.69) is 12.2 Å². The van der Waals surface area contributed by atoms with Gasteiger partial charge in [0.25, 0.3) is 0 Å². The number of amides is 1. The van der Waals surface area contributed by atoms with Gasteiger partial charge in [-0.2, -0.15) is 0 Å². The standard InChI is InChI=1S/C20H31NO5S/c1-5-6-7-8-9-10-11-12-13-15(22)21-18-16(19(23)25-3)14(2)17(27-18)20(24)26-4/h5-13H2,1-4H3,(H,21,22). The molecule has 0 aromatic carbocycles. The Morgan fingerprint density at radius 1 is 0.889 bits per heavy atom. The molecule has 1 N–H and O–H groups in total. The first-order chi connectivity index (χ1) is 13.0. The highest BCUT2D eigenvalue weighted by Gasteiger charge is 2.26. The van der Waals surface area contributed by atoms with Crippen LogP contribution in [0.25, 0.3) is 0 Å². The van der Waals surface area contributed by atoms with Gasteiger partial charge in [-0.05, 0) is 18.9 Å². The van der Waals surface area contributed by atoms with E-state index in [1.165, 1.54) is 46.3 Å². The van der Waals surface area contributed by atoms with Crippen molar-refractivity contribution in [2.24, 2.45) is 0 Å². The molecule has 0 unspecified atom stereocenters. The molecule has 7 heteroatoms. The highest BCUT2D eigenvalue weighted by molar-refractivity contribution is 7.18. The van der Waals surface area contributed by atoms with Gasteiger partial charge >= 0.3 is 11.9 Å². The summed E-state index contributed by atoms with van der Waals surface area (Å²) in [6, 6.07) is 0. The highest BCUT2D eigenvalue weighted by Crippen LogP contribution is 2.34. The average molecular weight is 398 g/mol. The second kappa shape index (κ2) is 12.5. The SMILES string of the molecule is CCCCCCCCCCC(=O)Nc1sc(C(=O)OC)c(C)c1C(=O)OC. The summed E-state index contributed by atoms with van der Waals surface area (Å²) >= 11 is 1.04. The van der Waals surface area contributed by atoms with Gasteiger partial charge in [0.05, 0.1) is 19.8 Å². The normalized spacial score (nSPS) is 10.5. The smallest absolute Gasteiger partial charge is 0.348 e. The Kier molecular flexibility index (Phi) is 10.7. The summed E-state index contributed by atoms with van der Waals surface area (Å²) in [6.07, 6.45) is 9.63. The molecule has 6 nitrogen and oxygen atoms in total. The number of nitrogens with one attached hydrogen (secondary N) is 1. The maximum atomic E-state index is 12.2. The zero-order valence-electron chi connectivity index (χ0n) is 16.8. The van der Waals surface area contributed by atoms with Crippen LogP contribution in [0.1, 0.15) is 90.3 Å². The van der Waals surface area contributed by atoms with Crippen LogP contribution in [0.15, 0.2) is 0 Å². The minimum Gasteiger partial charge on any atom is -0.465 e. The van der Waals surface area contributed by atoms with Gasteiger partial charge < -0.3 is 14.8 Å². The number of carbonyl (C=O) groups is 3. The summed E-state index contributed by atoms with van der Waals surface area (Å²) in [4.78, 5) is 36.4. The van der Waals surface area contributed by atoms with Gasteiger partial charge in [-0.3, -0.25) is 4.79 Å². The second-order valence-corrected chi connectivity index (χ2v) is 7.54. The zero-order valence-corrected chi connectivity index (χ0v) is 17.6. The quantitative estimate of drug-likeness (QED) is 0.392. The van der Waals surface area contributed by atoms with E-state index in [0.717, 1.165) is 30.6 Å². The van der Waals surface area contributed by atoms with E-state index in [9.17, 15) is 14.4 Å².